The quantitative estimate of drug-likeness (QED) is 0.163. The minimum Gasteiger partial charge on any atom is -0.496 e. The lowest BCUT2D eigenvalue weighted by atomic mass is 9.65. The first-order valence-electron chi connectivity index (χ1n) is 22.0. The number of anilines is 1. The predicted molar refractivity (Wildman–Crippen MR) is 231 cm³/mol. The molecule has 3 fully saturated rings. The Balaban J connectivity index is 0.939. The number of ether oxygens (including phenoxy) is 2. The fraction of sp³-hybridized carbons (Fsp3) is 0.609. The van der Waals surface area contributed by atoms with Gasteiger partial charge in [-0.1, -0.05) is 6.08 Å². The van der Waals surface area contributed by atoms with Crippen LogP contribution in [0.3, 0.4) is 0 Å². The predicted octanol–water partition coefficient (Wildman–Crippen LogP) is 9.58. The van der Waals surface area contributed by atoms with Gasteiger partial charge in [-0.2, -0.15) is 13.2 Å². The van der Waals surface area contributed by atoms with E-state index in [0.717, 1.165) is 81.7 Å². The molecule has 0 unspecified atom stereocenters. The molecule has 0 radical (unpaired) electrons. The topological polar surface area (TPSA) is 143 Å². The average molecular weight is 864 g/mol. The molecule has 1 N–H and O–H groups in total. The van der Waals surface area contributed by atoms with Gasteiger partial charge in [-0.15, -0.1) is 0 Å². The zero-order chi connectivity index (χ0) is 44.6. The number of hydrogen-bond acceptors (Lipinski definition) is 10. The number of piperidine rings is 2. The molecule has 3 aliphatic heterocycles. The van der Waals surface area contributed by atoms with Crippen molar-refractivity contribution >= 4 is 40.0 Å². The molecule has 1 aliphatic carbocycles. The smallest absolute Gasteiger partial charge is 0.416 e. The first-order chi connectivity index (χ1) is 29.3. The van der Waals surface area contributed by atoms with Crippen LogP contribution in [0.2, 0.25) is 0 Å². The summed E-state index contributed by atoms with van der Waals surface area (Å²) in [5.41, 5.74) is 0.561. The Morgan fingerprint density at radius 3 is 2.24 bits per heavy atom. The van der Waals surface area contributed by atoms with E-state index in [4.69, 9.17) is 9.47 Å². The molecular weight excluding hydrogens is 804 g/mol. The number of aryl methyl sites for hydroxylation is 1. The number of hydrogen-bond donors (Lipinski definition) is 1. The molecule has 2 aromatic carbocycles. The number of amides is 2. The van der Waals surface area contributed by atoms with Gasteiger partial charge in [-0.05, 0) is 140 Å². The number of aromatic nitrogens is 2. The van der Waals surface area contributed by atoms with Crippen LogP contribution >= 0.6 is 0 Å². The van der Waals surface area contributed by atoms with Gasteiger partial charge < -0.3 is 29.5 Å². The van der Waals surface area contributed by atoms with Gasteiger partial charge in [0.1, 0.15) is 23.0 Å². The summed E-state index contributed by atoms with van der Waals surface area (Å²) < 4.78 is 52.5. The van der Waals surface area contributed by atoms with Crippen molar-refractivity contribution < 1.29 is 37.2 Å². The monoisotopic (exact) mass is 863 g/mol. The minimum atomic E-state index is -4.76. The third-order valence-electron chi connectivity index (χ3n) is 13.4. The Morgan fingerprint density at radius 2 is 1.65 bits per heavy atom. The zero-order valence-electron chi connectivity index (χ0n) is 36.8. The molecular formula is C46H60F3N7O6. The van der Waals surface area contributed by atoms with Crippen LogP contribution in [-0.2, 0) is 15.7 Å². The molecule has 2 saturated heterocycles. The molecule has 1 saturated carbocycles. The summed E-state index contributed by atoms with van der Waals surface area (Å²) in [6, 6.07) is 5.50. The van der Waals surface area contributed by atoms with Gasteiger partial charge in [0.05, 0.1) is 29.2 Å². The van der Waals surface area contributed by atoms with E-state index >= 15 is 0 Å². The summed E-state index contributed by atoms with van der Waals surface area (Å²) in [7, 11) is 1.58. The van der Waals surface area contributed by atoms with E-state index in [0.29, 0.717) is 65.2 Å². The highest BCUT2D eigenvalue weighted by atomic mass is 19.4. The number of benzene rings is 2. The molecule has 0 bridgehead atoms. The SMILES string of the molecule is COc1cc2nc(C)nc(N[C@H](C)c3cc([N+](=O)[O-])cc(C(F)(F)F)c3)c2cc1C1=CCN(C(=O)C2CCN(CC3CCC4(CC3)CCN(C(=O)OC(C)(C)C)CC4)CC2)CC1. The number of likely N-dealkylation sites (tertiary alicyclic amines) is 2. The second-order valence-electron chi connectivity index (χ2n) is 18.9. The van der Waals surface area contributed by atoms with E-state index in [9.17, 15) is 32.9 Å². The molecule has 4 aliphatic rings. The maximum Gasteiger partial charge on any atom is 0.416 e. The summed E-state index contributed by atoms with van der Waals surface area (Å²) in [4.78, 5) is 52.6. The standard InChI is InChI=1S/C46H60F3N7O6/c1-29(34-23-35(46(47,48)49)25-36(24-34)56(59)60)50-41-38-26-37(40(61-6)27-39(38)51-30(2)52-41)32-11-19-54(20-12-32)42(57)33-9-17-53(18-10-33)28-31-7-13-45(14-8-31)15-21-55(22-16-45)43(58)62-44(3,4)5/h11,23-27,29,31,33H,7-10,12-22,28H2,1-6H3,(H,50,51,52)/t29-/m1/s1. The van der Waals surface area contributed by atoms with Gasteiger partial charge in [0.2, 0.25) is 5.91 Å². The third kappa shape index (κ3) is 10.4. The van der Waals surface area contributed by atoms with Gasteiger partial charge in [0.15, 0.2) is 0 Å². The number of fused-ring (bicyclic) bond motifs is 1. The van der Waals surface area contributed by atoms with Crippen molar-refractivity contribution in [1.29, 1.82) is 0 Å². The Kier molecular flexibility index (Phi) is 13.1. The molecule has 62 heavy (non-hydrogen) atoms. The van der Waals surface area contributed by atoms with Crippen LogP contribution in [0, 0.1) is 34.3 Å². The van der Waals surface area contributed by atoms with E-state index in [-0.39, 0.29) is 23.5 Å². The molecule has 2 amide bonds. The molecule has 13 nitrogen and oxygen atoms in total. The lowest BCUT2D eigenvalue weighted by Gasteiger charge is -2.46. The van der Waals surface area contributed by atoms with Crippen LogP contribution in [-0.4, -0.2) is 100 Å². The number of halogens is 3. The summed E-state index contributed by atoms with van der Waals surface area (Å²) in [6.45, 7) is 14.6. The Morgan fingerprint density at radius 1 is 0.952 bits per heavy atom. The van der Waals surface area contributed by atoms with Crippen molar-refractivity contribution in [1.82, 2.24) is 24.7 Å². The van der Waals surface area contributed by atoms with E-state index < -0.39 is 34.0 Å². The molecule has 1 spiro atoms. The minimum absolute atomic E-state index is 0.00420. The maximum absolute atomic E-state index is 13.8. The number of carbonyl (C=O) groups is 2. The Hall–Kier alpha value is -4.99. The van der Waals surface area contributed by atoms with Gasteiger partial charge >= 0.3 is 12.3 Å². The van der Waals surface area contributed by atoms with E-state index in [1.165, 1.54) is 25.7 Å². The second-order valence-corrected chi connectivity index (χ2v) is 18.9. The number of nitrogens with one attached hydrogen (secondary N) is 1. The Bertz CT molecular complexity index is 2180. The van der Waals surface area contributed by atoms with E-state index in [1.807, 2.05) is 36.6 Å². The first kappa shape index (κ1) is 45.0. The van der Waals surface area contributed by atoms with Crippen molar-refractivity contribution in [3.05, 3.63) is 69.0 Å². The second kappa shape index (κ2) is 18.0. The summed E-state index contributed by atoms with van der Waals surface area (Å²) >= 11 is 0. The molecule has 1 atom stereocenters. The summed E-state index contributed by atoms with van der Waals surface area (Å²) in [5.74, 6) is 2.25. The van der Waals surface area contributed by atoms with Gasteiger partial charge in [-0.3, -0.25) is 14.9 Å². The number of rotatable bonds is 9. The molecule has 3 aromatic rings. The highest BCUT2D eigenvalue weighted by Gasteiger charge is 2.41. The zero-order valence-corrected chi connectivity index (χ0v) is 36.8. The molecule has 336 valence electrons. The van der Waals surface area contributed by atoms with Crippen molar-refractivity contribution in [3.8, 4) is 5.75 Å². The van der Waals surface area contributed by atoms with Crippen molar-refractivity contribution in [2.75, 3.05) is 58.2 Å². The normalized spacial score (nSPS) is 19.9. The van der Waals surface area contributed by atoms with Gasteiger partial charge in [0.25, 0.3) is 5.69 Å². The number of methoxy groups -OCH3 is 1. The van der Waals surface area contributed by atoms with Crippen molar-refractivity contribution in [2.45, 2.75) is 110 Å². The number of carbonyl (C=O) groups excluding carboxylic acids is 2. The van der Waals surface area contributed by atoms with Crippen LogP contribution in [0.25, 0.3) is 16.5 Å². The number of nitro groups is 1. The molecule has 16 heteroatoms. The van der Waals surface area contributed by atoms with Crippen LogP contribution in [0.4, 0.5) is 29.5 Å². The average Bonchev–Trinajstić information content (AvgIpc) is 3.23. The number of nitrogens with zero attached hydrogens (tertiary/aromatic N) is 6. The highest BCUT2D eigenvalue weighted by molar-refractivity contribution is 5.94. The van der Waals surface area contributed by atoms with Crippen LogP contribution in [0.15, 0.2) is 36.4 Å². The van der Waals surface area contributed by atoms with Gasteiger partial charge in [-0.25, -0.2) is 14.8 Å². The van der Waals surface area contributed by atoms with Gasteiger partial charge in [0, 0.05) is 67.8 Å². The highest BCUT2D eigenvalue weighted by Crippen LogP contribution is 2.47. The lowest BCUT2D eigenvalue weighted by molar-refractivity contribution is -0.385. The molecule has 4 heterocycles. The fourth-order valence-electron chi connectivity index (χ4n) is 9.81. The molecule has 1 aromatic heterocycles. The Labute approximate surface area is 361 Å². The van der Waals surface area contributed by atoms with Crippen LogP contribution in [0.1, 0.15) is 114 Å². The first-order valence-corrected chi connectivity index (χ1v) is 22.0. The molecule has 7 rings (SSSR count). The lowest BCUT2D eigenvalue weighted by Crippen LogP contribution is -2.47. The number of nitro benzene ring substituents is 1. The van der Waals surface area contributed by atoms with Crippen molar-refractivity contribution in [2.24, 2.45) is 17.3 Å². The van der Waals surface area contributed by atoms with E-state index in [2.05, 4.69) is 26.3 Å². The fourth-order valence-corrected chi connectivity index (χ4v) is 9.81. The maximum atomic E-state index is 13.8. The summed E-state index contributed by atoms with van der Waals surface area (Å²) in [5, 5.41) is 15.3. The third-order valence-corrected chi connectivity index (χ3v) is 13.4. The summed E-state index contributed by atoms with van der Waals surface area (Å²) in [6.07, 6.45) is 6.37. The van der Waals surface area contributed by atoms with E-state index in [1.54, 1.807) is 27.0 Å². The number of alkyl halides is 3. The van der Waals surface area contributed by atoms with Crippen LogP contribution < -0.4 is 10.1 Å². The number of non-ortho nitro benzene ring substituents is 1. The largest absolute Gasteiger partial charge is 0.496 e. The van der Waals surface area contributed by atoms with Crippen molar-refractivity contribution in [3.63, 3.8) is 0 Å². The van der Waals surface area contributed by atoms with Crippen LogP contribution in [0.5, 0.6) is 5.75 Å².